The van der Waals surface area contributed by atoms with Gasteiger partial charge in [0.25, 0.3) is 0 Å². The Morgan fingerprint density at radius 3 is 2.35 bits per heavy atom. The monoisotopic (exact) mass is 426 g/mol. The van der Waals surface area contributed by atoms with Crippen LogP contribution < -0.4 is 5.32 Å². The zero-order chi connectivity index (χ0) is 22.0. The van der Waals surface area contributed by atoms with Crippen molar-refractivity contribution in [2.75, 3.05) is 11.9 Å². The molecule has 0 atom stereocenters. The molecule has 2 aromatic heterocycles. The summed E-state index contributed by atoms with van der Waals surface area (Å²) in [7, 11) is 0. The number of benzene rings is 2. The number of rotatable bonds is 6. The van der Waals surface area contributed by atoms with Gasteiger partial charge in [-0.3, -0.25) is 4.79 Å². The predicted molar refractivity (Wildman–Crippen MR) is 111 cm³/mol. The number of anilines is 1. The van der Waals surface area contributed by atoms with Crippen molar-refractivity contribution >= 4 is 22.8 Å². The van der Waals surface area contributed by atoms with E-state index in [1.807, 2.05) is 30.3 Å². The molecule has 2 aromatic carbocycles. The van der Waals surface area contributed by atoms with E-state index in [1.54, 1.807) is 12.3 Å². The summed E-state index contributed by atoms with van der Waals surface area (Å²) in [6.07, 6.45) is -2.73. The van der Waals surface area contributed by atoms with Crippen LogP contribution in [0.25, 0.3) is 33.5 Å². The summed E-state index contributed by atoms with van der Waals surface area (Å²) >= 11 is 0. The first-order valence-corrected chi connectivity index (χ1v) is 9.39. The maximum atomic E-state index is 12.9. The quantitative estimate of drug-likeness (QED) is 0.394. The first-order valence-electron chi connectivity index (χ1n) is 9.39. The highest BCUT2D eigenvalue weighted by molar-refractivity contribution is 5.80. The third kappa shape index (κ3) is 4.66. The van der Waals surface area contributed by atoms with E-state index in [4.69, 9.17) is 5.11 Å². The number of pyridine rings is 1. The molecule has 4 aromatic rings. The first-order chi connectivity index (χ1) is 14.8. The highest BCUT2D eigenvalue weighted by Gasteiger charge is 2.30. The van der Waals surface area contributed by atoms with Crippen molar-refractivity contribution in [2.24, 2.45) is 0 Å². The summed E-state index contributed by atoms with van der Waals surface area (Å²) < 4.78 is 38.7. The minimum Gasteiger partial charge on any atom is -0.481 e. The van der Waals surface area contributed by atoms with E-state index in [2.05, 4.69) is 20.3 Å². The Kier molecular flexibility index (Phi) is 5.33. The lowest BCUT2D eigenvalue weighted by atomic mass is 10.1. The second kappa shape index (κ2) is 8.10. The van der Waals surface area contributed by atoms with Gasteiger partial charge in [0, 0.05) is 23.9 Å². The van der Waals surface area contributed by atoms with Gasteiger partial charge < -0.3 is 15.4 Å². The number of aliphatic carboxylic acids is 1. The molecule has 0 fully saturated rings. The summed E-state index contributed by atoms with van der Waals surface area (Å²) in [6.45, 7) is 0.290. The van der Waals surface area contributed by atoms with Crippen molar-refractivity contribution in [2.45, 2.75) is 12.6 Å². The fourth-order valence-electron chi connectivity index (χ4n) is 3.11. The molecule has 2 heterocycles. The summed E-state index contributed by atoms with van der Waals surface area (Å²) in [6, 6.07) is 14.5. The number of hydrogen-bond donors (Lipinski definition) is 3. The number of nitrogens with zero attached hydrogens (tertiary/aromatic N) is 2. The Labute approximate surface area is 174 Å². The lowest BCUT2D eigenvalue weighted by Crippen LogP contribution is -2.08. The van der Waals surface area contributed by atoms with E-state index in [9.17, 15) is 18.0 Å². The lowest BCUT2D eigenvalue weighted by molar-refractivity contribution is -0.138. The minimum absolute atomic E-state index is 0.00417. The molecular formula is C22H17F3N4O2. The lowest BCUT2D eigenvalue weighted by Gasteiger charge is -2.06. The van der Waals surface area contributed by atoms with Gasteiger partial charge >= 0.3 is 12.1 Å². The van der Waals surface area contributed by atoms with Crippen LogP contribution in [0.5, 0.6) is 0 Å². The Morgan fingerprint density at radius 2 is 1.71 bits per heavy atom. The van der Waals surface area contributed by atoms with Gasteiger partial charge in [-0.1, -0.05) is 24.3 Å². The zero-order valence-corrected chi connectivity index (χ0v) is 16.1. The van der Waals surface area contributed by atoms with Crippen LogP contribution in [0.15, 0.2) is 60.8 Å². The highest BCUT2D eigenvalue weighted by Crippen LogP contribution is 2.32. The van der Waals surface area contributed by atoms with E-state index in [-0.39, 0.29) is 11.9 Å². The van der Waals surface area contributed by atoms with E-state index in [0.717, 1.165) is 28.8 Å². The van der Waals surface area contributed by atoms with Gasteiger partial charge in [-0.15, -0.1) is 0 Å². The van der Waals surface area contributed by atoms with E-state index < -0.39 is 17.7 Å². The van der Waals surface area contributed by atoms with Gasteiger partial charge in [-0.2, -0.15) is 13.2 Å². The van der Waals surface area contributed by atoms with Crippen LogP contribution in [-0.2, 0) is 11.0 Å². The number of carboxylic acids is 1. The third-order valence-corrected chi connectivity index (χ3v) is 4.71. The second-order valence-corrected chi connectivity index (χ2v) is 6.90. The number of H-pyrrole nitrogens is 1. The van der Waals surface area contributed by atoms with Crippen molar-refractivity contribution in [1.82, 2.24) is 15.0 Å². The molecule has 0 amide bonds. The van der Waals surface area contributed by atoms with Crippen molar-refractivity contribution in [1.29, 1.82) is 0 Å². The van der Waals surface area contributed by atoms with E-state index in [1.165, 1.54) is 6.07 Å². The fourth-order valence-corrected chi connectivity index (χ4v) is 3.11. The average molecular weight is 426 g/mol. The van der Waals surface area contributed by atoms with E-state index in [0.29, 0.717) is 23.7 Å². The molecule has 0 saturated carbocycles. The molecule has 6 nitrogen and oxygen atoms in total. The molecule has 4 rings (SSSR count). The van der Waals surface area contributed by atoms with Gasteiger partial charge in [0.15, 0.2) is 0 Å². The van der Waals surface area contributed by atoms with Crippen molar-refractivity contribution < 1.29 is 23.1 Å². The number of imidazole rings is 1. The molecule has 0 aliphatic carbocycles. The molecule has 0 aliphatic heterocycles. The molecule has 0 unspecified atom stereocenters. The predicted octanol–water partition coefficient (Wildman–Crippen LogP) is 5.20. The second-order valence-electron chi connectivity index (χ2n) is 6.90. The first kappa shape index (κ1) is 20.4. The standard InChI is InChI=1S/C22H17F3N4O2/c23-22(24,25)16-6-7-17-18(11-16)29-21(28-17)14-3-1-13(2-4-14)15-5-8-19(27-12-15)26-10-9-20(30)31/h1-8,11-12H,9-10H2,(H,26,27)(H,28,29)(H,30,31). The number of fused-ring (bicyclic) bond motifs is 1. The summed E-state index contributed by atoms with van der Waals surface area (Å²) in [5.74, 6) is 0.188. The average Bonchev–Trinajstić information content (AvgIpc) is 3.17. The Balaban J connectivity index is 1.51. The summed E-state index contributed by atoms with van der Waals surface area (Å²) in [5.41, 5.74) is 2.57. The van der Waals surface area contributed by atoms with Gasteiger partial charge in [0.2, 0.25) is 0 Å². The number of halogens is 3. The van der Waals surface area contributed by atoms with Crippen LogP contribution in [-0.4, -0.2) is 32.6 Å². The Hall–Kier alpha value is -3.88. The molecule has 0 spiro atoms. The molecule has 0 aliphatic rings. The number of alkyl halides is 3. The van der Waals surface area contributed by atoms with Gasteiger partial charge in [-0.05, 0) is 35.9 Å². The molecule has 0 saturated heterocycles. The number of carboxylic acid groups (broad SMARTS) is 1. The van der Waals surface area contributed by atoms with Crippen LogP contribution in [0.2, 0.25) is 0 Å². The molecule has 158 valence electrons. The largest absolute Gasteiger partial charge is 0.481 e. The topological polar surface area (TPSA) is 90.9 Å². The van der Waals surface area contributed by atoms with Crippen LogP contribution in [0.1, 0.15) is 12.0 Å². The number of hydrogen-bond acceptors (Lipinski definition) is 4. The third-order valence-electron chi connectivity index (χ3n) is 4.71. The highest BCUT2D eigenvalue weighted by atomic mass is 19.4. The SMILES string of the molecule is O=C(O)CCNc1ccc(-c2ccc(-c3nc4cc(C(F)(F)F)ccc4[nH]3)cc2)cn1. The van der Waals surface area contributed by atoms with Crippen LogP contribution >= 0.6 is 0 Å². The molecule has 0 bridgehead atoms. The van der Waals surface area contributed by atoms with Gasteiger partial charge in [0.05, 0.1) is 23.0 Å². The molecule has 3 N–H and O–H groups in total. The van der Waals surface area contributed by atoms with Crippen molar-refractivity contribution in [3.63, 3.8) is 0 Å². The number of aromatic amines is 1. The number of carbonyl (C=O) groups is 1. The Bertz CT molecular complexity index is 1220. The normalized spacial score (nSPS) is 11.6. The van der Waals surface area contributed by atoms with Crippen molar-refractivity contribution in [3.05, 3.63) is 66.4 Å². The number of nitrogens with one attached hydrogen (secondary N) is 2. The fraction of sp³-hybridized carbons (Fsp3) is 0.136. The number of aromatic nitrogens is 3. The van der Waals surface area contributed by atoms with E-state index >= 15 is 0 Å². The summed E-state index contributed by atoms with van der Waals surface area (Å²) in [5, 5.41) is 11.6. The molecule has 0 radical (unpaired) electrons. The van der Waals surface area contributed by atoms with Crippen LogP contribution in [0, 0.1) is 0 Å². The molecular weight excluding hydrogens is 409 g/mol. The van der Waals surface area contributed by atoms with Crippen LogP contribution in [0.3, 0.4) is 0 Å². The van der Waals surface area contributed by atoms with Gasteiger partial charge in [0.1, 0.15) is 11.6 Å². The zero-order valence-electron chi connectivity index (χ0n) is 16.1. The van der Waals surface area contributed by atoms with Gasteiger partial charge in [-0.25, -0.2) is 9.97 Å². The van der Waals surface area contributed by atoms with Crippen LogP contribution in [0.4, 0.5) is 19.0 Å². The maximum absolute atomic E-state index is 12.9. The smallest absolute Gasteiger partial charge is 0.416 e. The van der Waals surface area contributed by atoms with Crippen molar-refractivity contribution in [3.8, 4) is 22.5 Å². The molecule has 31 heavy (non-hydrogen) atoms. The minimum atomic E-state index is -4.41. The Morgan fingerprint density at radius 1 is 1.00 bits per heavy atom. The maximum Gasteiger partial charge on any atom is 0.416 e. The summed E-state index contributed by atoms with van der Waals surface area (Å²) in [4.78, 5) is 22.2. The molecule has 9 heteroatoms.